The first-order valence-corrected chi connectivity index (χ1v) is 12.2. The van der Waals surface area contributed by atoms with E-state index in [1.807, 2.05) is 5.32 Å². The number of hydroxylamine groups is 2. The Morgan fingerprint density at radius 2 is 1.69 bits per heavy atom. The molecule has 0 saturated carbocycles. The van der Waals surface area contributed by atoms with Gasteiger partial charge >= 0.3 is 18.4 Å². The van der Waals surface area contributed by atoms with E-state index in [0.717, 1.165) is 24.3 Å². The third-order valence-corrected chi connectivity index (χ3v) is 6.51. The first-order chi connectivity index (χ1) is 20.0. The summed E-state index contributed by atoms with van der Waals surface area (Å²) in [6.07, 6.45) is -3.63. The quantitative estimate of drug-likeness (QED) is 0.217. The van der Waals surface area contributed by atoms with E-state index in [-0.39, 0.29) is 63.0 Å². The van der Waals surface area contributed by atoms with E-state index in [9.17, 15) is 47.8 Å². The first kappa shape index (κ1) is 27.9. The summed E-state index contributed by atoms with van der Waals surface area (Å²) in [5.74, 6) is -6.17. The van der Waals surface area contributed by atoms with Crippen molar-refractivity contribution in [1.29, 1.82) is 0 Å². The van der Waals surface area contributed by atoms with Crippen molar-refractivity contribution in [1.82, 2.24) is 10.4 Å². The van der Waals surface area contributed by atoms with E-state index in [4.69, 9.17) is 9.25 Å². The molecule has 5 rings (SSSR count). The summed E-state index contributed by atoms with van der Waals surface area (Å²) in [5.41, 5.74) is -1.17. The predicted octanol–water partition coefficient (Wildman–Crippen LogP) is 3.07. The van der Waals surface area contributed by atoms with Crippen molar-refractivity contribution in [2.75, 3.05) is 0 Å². The van der Waals surface area contributed by atoms with Crippen molar-refractivity contribution >= 4 is 40.6 Å². The minimum atomic E-state index is -3.34. The number of nitrogens with one attached hydrogen (secondary N) is 1. The maximum absolute atomic E-state index is 12.9. The Labute approximate surface area is 233 Å². The third kappa shape index (κ3) is 5.00. The fourth-order valence-corrected chi connectivity index (χ4v) is 4.55. The maximum atomic E-state index is 12.9. The second-order valence-corrected chi connectivity index (χ2v) is 9.12. The van der Waals surface area contributed by atoms with Gasteiger partial charge in [0, 0.05) is 35.4 Å². The summed E-state index contributed by atoms with van der Waals surface area (Å²) in [5, 5.41) is 22.9. The largest absolute Gasteiger partial charge is 0.507 e. The zero-order valence-corrected chi connectivity index (χ0v) is 21.2. The van der Waals surface area contributed by atoms with Crippen molar-refractivity contribution < 1.29 is 52.2 Å². The van der Waals surface area contributed by atoms with Crippen LogP contribution in [0.15, 0.2) is 57.7 Å². The molecule has 2 aromatic rings. The summed E-state index contributed by atoms with van der Waals surface area (Å²) in [7, 11) is 0. The molecule has 3 N–H and O–H groups in total. The van der Waals surface area contributed by atoms with E-state index in [0.29, 0.717) is 5.06 Å². The van der Waals surface area contributed by atoms with E-state index >= 15 is 0 Å². The summed E-state index contributed by atoms with van der Waals surface area (Å²) in [6, 6.07) is 9.46. The Balaban J connectivity index is 1.74. The van der Waals surface area contributed by atoms with Crippen molar-refractivity contribution in [3.63, 3.8) is 0 Å². The normalized spacial score (nSPS) is 13.3. The van der Waals surface area contributed by atoms with Crippen LogP contribution in [0.4, 0.5) is 8.78 Å². The standard InChI is InChI=1S/C28H18F2N2O10/c29-25(30)26(37)31-11-18-19(34)6-5-16-23(15-4-2-13(33)10-20(15)41-24(16)18)17-9-12(1-3-14(17)27(38)39)28(40)42-32-21(35)7-8-22(32)36/h1-6,9-10,25,34H,7-8,11H2,(H,31,37)(H,38,39). The van der Waals surface area contributed by atoms with Gasteiger partial charge in [0.1, 0.15) is 17.1 Å². The molecule has 12 nitrogen and oxygen atoms in total. The van der Waals surface area contributed by atoms with Crippen molar-refractivity contribution in [2.24, 2.45) is 0 Å². The molecule has 3 amide bonds. The number of carboxylic acids is 1. The number of halogens is 2. The van der Waals surface area contributed by atoms with Crippen LogP contribution in [0.3, 0.4) is 0 Å². The number of amides is 3. The molecule has 0 aromatic heterocycles. The van der Waals surface area contributed by atoms with E-state index < -0.39 is 53.8 Å². The molecule has 0 radical (unpaired) electrons. The molecule has 2 aromatic carbocycles. The van der Waals surface area contributed by atoms with Gasteiger partial charge in [-0.05, 0) is 48.0 Å². The number of nitrogens with zero attached hydrogens (tertiary/aromatic N) is 1. The van der Waals surface area contributed by atoms with Crippen molar-refractivity contribution in [3.05, 3.63) is 75.4 Å². The number of phenols is 1. The topological polar surface area (TPSA) is 181 Å². The van der Waals surface area contributed by atoms with Gasteiger partial charge < -0.3 is 24.8 Å². The van der Waals surface area contributed by atoms with Gasteiger partial charge in [-0.3, -0.25) is 19.2 Å². The summed E-state index contributed by atoms with van der Waals surface area (Å²) < 4.78 is 31.5. The molecule has 1 fully saturated rings. The summed E-state index contributed by atoms with van der Waals surface area (Å²) >= 11 is 0. The molecule has 42 heavy (non-hydrogen) atoms. The molecule has 2 aliphatic heterocycles. The lowest BCUT2D eigenvalue weighted by Crippen LogP contribution is -2.32. The average Bonchev–Trinajstić information content (AvgIpc) is 3.26. The number of rotatable bonds is 7. The van der Waals surface area contributed by atoms with Gasteiger partial charge in [-0.2, -0.15) is 8.78 Å². The van der Waals surface area contributed by atoms with Crippen molar-refractivity contribution in [3.8, 4) is 28.2 Å². The molecule has 214 valence electrons. The van der Waals surface area contributed by atoms with Gasteiger partial charge in [0.05, 0.1) is 23.2 Å². The van der Waals surface area contributed by atoms with Gasteiger partial charge in [-0.1, -0.05) is 0 Å². The first-order valence-electron chi connectivity index (χ1n) is 12.2. The van der Waals surface area contributed by atoms with Gasteiger partial charge in [0.2, 0.25) is 0 Å². The highest BCUT2D eigenvalue weighted by atomic mass is 19.3. The molecular weight excluding hydrogens is 562 g/mol. The number of aromatic hydroxyl groups is 1. The van der Waals surface area contributed by atoms with Crippen LogP contribution in [0.5, 0.6) is 5.75 Å². The third-order valence-electron chi connectivity index (χ3n) is 6.51. The fraction of sp³-hybridized carbons (Fsp3) is 0.143. The lowest BCUT2D eigenvalue weighted by atomic mass is 9.89. The highest BCUT2D eigenvalue weighted by molar-refractivity contribution is 6.10. The van der Waals surface area contributed by atoms with Gasteiger partial charge in [-0.15, -0.1) is 5.06 Å². The van der Waals surface area contributed by atoms with Crippen LogP contribution in [0.1, 0.15) is 39.1 Å². The number of alkyl halides is 2. The lowest BCUT2D eigenvalue weighted by molar-refractivity contribution is -0.172. The number of hydrogen-bond donors (Lipinski definition) is 3. The Morgan fingerprint density at radius 3 is 2.36 bits per heavy atom. The summed E-state index contributed by atoms with van der Waals surface area (Å²) in [6.45, 7) is -0.617. The van der Waals surface area contributed by atoms with E-state index in [1.165, 1.54) is 24.3 Å². The molecular formula is C28H18F2N2O10. The molecule has 14 heteroatoms. The highest BCUT2D eigenvalue weighted by Gasteiger charge is 2.34. The maximum Gasteiger partial charge on any atom is 0.363 e. The van der Waals surface area contributed by atoms with Crippen LogP contribution >= 0.6 is 0 Å². The van der Waals surface area contributed by atoms with E-state index in [1.54, 1.807) is 0 Å². The van der Waals surface area contributed by atoms with Crippen LogP contribution in [0.2, 0.25) is 0 Å². The molecule has 3 aliphatic rings. The fourth-order valence-electron chi connectivity index (χ4n) is 4.55. The molecule has 0 spiro atoms. The average molecular weight is 580 g/mol. The zero-order chi connectivity index (χ0) is 30.3. The number of carboxylic acid groups (broad SMARTS) is 1. The van der Waals surface area contributed by atoms with Gasteiger partial charge in [0.25, 0.3) is 17.7 Å². The van der Waals surface area contributed by atoms with Crippen molar-refractivity contribution in [2.45, 2.75) is 25.8 Å². The van der Waals surface area contributed by atoms with Crippen LogP contribution in [-0.2, 0) is 25.8 Å². The summed E-state index contributed by atoms with van der Waals surface area (Å²) in [4.78, 5) is 77.7. The highest BCUT2D eigenvalue weighted by Crippen LogP contribution is 2.44. The molecule has 1 aliphatic carbocycles. The smallest absolute Gasteiger partial charge is 0.363 e. The van der Waals surface area contributed by atoms with E-state index in [2.05, 4.69) is 0 Å². The number of carbonyl (C=O) groups excluding carboxylic acids is 4. The van der Waals surface area contributed by atoms with Crippen LogP contribution in [0.25, 0.3) is 33.4 Å². The SMILES string of the molecule is O=C(ON1C(=O)CCC1=O)c1ccc(C(=O)O)c(-c2c3ccc(=O)cc-3oc3c(CNC(=O)C(F)F)c(O)ccc23)c1. The number of hydrogen-bond acceptors (Lipinski definition) is 9. The zero-order valence-electron chi connectivity index (χ0n) is 21.2. The Morgan fingerprint density at radius 1 is 0.976 bits per heavy atom. The molecule has 2 heterocycles. The van der Waals surface area contributed by atoms with Crippen LogP contribution < -0.4 is 10.7 Å². The number of phenolic OH excluding ortho intramolecular Hbond substituents is 1. The molecule has 0 atom stereocenters. The van der Waals surface area contributed by atoms with Crippen LogP contribution in [0, 0.1) is 0 Å². The Kier molecular flexibility index (Phi) is 7.12. The number of aromatic carboxylic acids is 1. The molecule has 0 unspecified atom stereocenters. The van der Waals surface area contributed by atoms with Crippen LogP contribution in [-0.4, -0.2) is 51.4 Å². The second-order valence-electron chi connectivity index (χ2n) is 9.12. The van der Waals surface area contributed by atoms with Gasteiger partial charge in [-0.25, -0.2) is 9.59 Å². The Hall–Kier alpha value is -5.66. The Bertz CT molecular complexity index is 1830. The second kappa shape index (κ2) is 10.7. The molecule has 1 saturated heterocycles. The molecule has 0 bridgehead atoms. The number of imide groups is 1. The number of carbonyl (C=O) groups is 5. The number of fused-ring (bicyclic) bond motifs is 2. The number of benzene rings is 3. The minimum Gasteiger partial charge on any atom is -0.507 e. The minimum absolute atomic E-state index is 0.0883. The monoisotopic (exact) mass is 580 g/mol. The predicted molar refractivity (Wildman–Crippen MR) is 138 cm³/mol. The lowest BCUT2D eigenvalue weighted by Gasteiger charge is -2.19. The van der Waals surface area contributed by atoms with Gasteiger partial charge in [0.15, 0.2) is 5.43 Å².